The first-order valence-electron chi connectivity index (χ1n) is 2.68. The summed E-state index contributed by atoms with van der Waals surface area (Å²) >= 11 is 7.91. The van der Waals surface area contributed by atoms with E-state index in [2.05, 4.69) is 61.1 Å². The Hall–Kier alpha value is 1.16. The molecule has 3 heteroatoms. The minimum Gasteiger partial charge on any atom is -0.0865 e. The molecule has 0 saturated heterocycles. The Morgan fingerprint density at radius 3 is 2.30 bits per heavy atom. The summed E-state index contributed by atoms with van der Waals surface area (Å²) in [6, 6.07) is 0. The minimum absolute atomic E-state index is 1.10. The van der Waals surface area contributed by atoms with Crippen LogP contribution in [-0.2, 0) is 0 Å². The van der Waals surface area contributed by atoms with Crippen LogP contribution in [0.25, 0.3) is 0 Å². The highest BCUT2D eigenvalue weighted by Gasteiger charge is 1.80. The van der Waals surface area contributed by atoms with Gasteiger partial charge < -0.3 is 0 Å². The lowest BCUT2D eigenvalue weighted by Crippen LogP contribution is -1.58. The van der Waals surface area contributed by atoms with Gasteiger partial charge in [-0.15, -0.1) is 0 Å². The van der Waals surface area contributed by atoms with Gasteiger partial charge in [0.05, 0.1) is 1.59 Å². The molecule has 0 aromatic heterocycles. The zero-order chi connectivity index (χ0) is 7.98. The summed E-state index contributed by atoms with van der Waals surface area (Å²) in [6.45, 7) is 1.99. The molecule has 0 aliphatic rings. The molecule has 0 unspecified atom stereocenters. The van der Waals surface area contributed by atoms with E-state index in [9.17, 15) is 0 Å². The van der Waals surface area contributed by atoms with E-state index < -0.39 is 0 Å². The maximum absolute atomic E-state index is 3.39. The van der Waals surface area contributed by atoms with Crippen LogP contribution in [-0.4, -0.2) is 0 Å². The van der Waals surface area contributed by atoms with Crippen LogP contribution in [0.5, 0.6) is 0 Å². The largest absolute Gasteiger partial charge is 0.0865 e. The van der Waals surface area contributed by atoms with Crippen molar-refractivity contribution in [1.29, 1.82) is 0 Å². The van der Waals surface area contributed by atoms with Crippen molar-refractivity contribution >= 4 is 61.1 Å². The molecule has 0 aliphatic heterocycles. The van der Waals surface area contributed by atoms with Crippen LogP contribution in [0.15, 0.2) is 30.4 Å². The molecule has 0 nitrogen and oxygen atoms in total. The fourth-order valence-electron chi connectivity index (χ4n) is 0.357. The van der Waals surface area contributed by atoms with Gasteiger partial charge in [-0.3, -0.25) is 0 Å². The lowest BCUT2D eigenvalue weighted by molar-refractivity contribution is 1.72. The maximum Gasteiger partial charge on any atom is 0.0514 e. The highest BCUT2D eigenvalue weighted by molar-refractivity contribution is 14.2. The molecule has 0 aliphatic carbocycles. The van der Waals surface area contributed by atoms with Crippen molar-refractivity contribution in [2.24, 2.45) is 0 Å². The first-order valence-corrected chi connectivity index (χ1v) is 5.63. The van der Waals surface area contributed by atoms with Gasteiger partial charge >= 0.3 is 0 Å². The normalized spacial score (nSPS) is 12.2. The van der Waals surface area contributed by atoms with Gasteiger partial charge in [0.15, 0.2) is 0 Å². The fourth-order valence-corrected chi connectivity index (χ4v) is 1.11. The SMILES string of the molecule is C/C=C/C(Br)=C\C=C(I)I. The molecule has 0 amide bonds. The Labute approximate surface area is 97.3 Å². The van der Waals surface area contributed by atoms with Crippen molar-refractivity contribution in [2.45, 2.75) is 6.92 Å². The predicted molar refractivity (Wildman–Crippen MR) is 67.9 cm³/mol. The summed E-state index contributed by atoms with van der Waals surface area (Å²) in [5, 5.41) is 0. The third-order valence-electron chi connectivity index (χ3n) is 0.694. The average Bonchev–Trinajstić information content (AvgIpc) is 1.85. The molecular weight excluding hydrogens is 418 g/mol. The second-order valence-electron chi connectivity index (χ2n) is 1.51. The van der Waals surface area contributed by atoms with Crippen LogP contribution < -0.4 is 0 Å². The van der Waals surface area contributed by atoms with E-state index in [1.807, 2.05) is 31.2 Å². The van der Waals surface area contributed by atoms with Gasteiger partial charge in [-0.2, -0.15) is 0 Å². The number of hydrogen-bond acceptors (Lipinski definition) is 0. The molecule has 0 spiro atoms. The van der Waals surface area contributed by atoms with Gasteiger partial charge in [0.25, 0.3) is 0 Å². The van der Waals surface area contributed by atoms with E-state index in [1.54, 1.807) is 0 Å². The lowest BCUT2D eigenvalue weighted by Gasteiger charge is -1.83. The molecule has 10 heavy (non-hydrogen) atoms. The zero-order valence-electron chi connectivity index (χ0n) is 5.44. The molecule has 0 heterocycles. The third kappa shape index (κ3) is 7.27. The van der Waals surface area contributed by atoms with Crippen molar-refractivity contribution in [3.8, 4) is 0 Å². The minimum atomic E-state index is 1.10. The van der Waals surface area contributed by atoms with Crippen molar-refractivity contribution < 1.29 is 0 Å². The van der Waals surface area contributed by atoms with E-state index in [-0.39, 0.29) is 0 Å². The van der Waals surface area contributed by atoms with E-state index >= 15 is 0 Å². The zero-order valence-corrected chi connectivity index (χ0v) is 11.3. The summed E-state index contributed by atoms with van der Waals surface area (Å²) in [7, 11) is 0. The Morgan fingerprint density at radius 1 is 1.30 bits per heavy atom. The van der Waals surface area contributed by atoms with Crippen LogP contribution >= 0.6 is 61.1 Å². The van der Waals surface area contributed by atoms with Gasteiger partial charge in [0, 0.05) is 4.48 Å². The molecule has 0 bridgehead atoms. The maximum atomic E-state index is 3.39. The molecule has 0 radical (unpaired) electrons. The summed E-state index contributed by atoms with van der Waals surface area (Å²) in [5.41, 5.74) is 0. The fraction of sp³-hybridized carbons (Fsp3) is 0.143. The van der Waals surface area contributed by atoms with Gasteiger partial charge in [0.2, 0.25) is 0 Å². The molecule has 0 atom stereocenters. The number of allylic oxidation sites excluding steroid dienone is 5. The highest BCUT2D eigenvalue weighted by Crippen LogP contribution is 2.16. The second-order valence-corrected chi connectivity index (χ2v) is 6.81. The first-order chi connectivity index (χ1) is 4.66. The molecule has 0 aromatic rings. The summed E-state index contributed by atoms with van der Waals surface area (Å²) in [4.78, 5) is 0. The Bertz CT molecular complexity index is 176. The van der Waals surface area contributed by atoms with Crippen molar-refractivity contribution in [1.82, 2.24) is 0 Å². The van der Waals surface area contributed by atoms with Crippen LogP contribution in [0.4, 0.5) is 0 Å². The van der Waals surface area contributed by atoms with Crippen LogP contribution in [0.3, 0.4) is 0 Å². The molecule has 0 fully saturated rings. The van der Waals surface area contributed by atoms with Crippen LogP contribution in [0.1, 0.15) is 6.92 Å². The van der Waals surface area contributed by atoms with Gasteiger partial charge in [0.1, 0.15) is 0 Å². The monoisotopic (exact) mass is 424 g/mol. The van der Waals surface area contributed by atoms with Crippen molar-refractivity contribution in [3.05, 3.63) is 30.4 Å². The average molecular weight is 425 g/mol. The standard InChI is InChI=1S/C7H7BrI2/c1-2-3-6(8)4-5-7(9)10/h2-5H,1H3/b3-2+,6-4+. The topological polar surface area (TPSA) is 0 Å². The smallest absolute Gasteiger partial charge is 0.0514 e. The van der Waals surface area contributed by atoms with Gasteiger partial charge in [-0.25, -0.2) is 0 Å². The van der Waals surface area contributed by atoms with Crippen LogP contribution in [0, 0.1) is 0 Å². The van der Waals surface area contributed by atoms with Gasteiger partial charge in [-0.05, 0) is 64.3 Å². The number of rotatable bonds is 2. The van der Waals surface area contributed by atoms with E-state index in [4.69, 9.17) is 0 Å². The van der Waals surface area contributed by atoms with Crippen molar-refractivity contribution in [3.63, 3.8) is 0 Å². The number of halogens is 3. The molecule has 0 saturated carbocycles. The van der Waals surface area contributed by atoms with E-state index in [1.165, 1.54) is 1.59 Å². The van der Waals surface area contributed by atoms with Crippen LogP contribution in [0.2, 0.25) is 0 Å². The molecule has 56 valence electrons. The Balaban J connectivity index is 4.05. The Kier molecular flexibility index (Phi) is 7.64. The lowest BCUT2D eigenvalue weighted by atomic mass is 10.4. The van der Waals surface area contributed by atoms with E-state index in [0.717, 1.165) is 4.48 Å². The molecule has 0 rings (SSSR count). The van der Waals surface area contributed by atoms with Gasteiger partial charge in [-0.1, -0.05) is 28.1 Å². The summed E-state index contributed by atoms with van der Waals surface area (Å²) < 4.78 is 2.34. The third-order valence-corrected chi connectivity index (χ3v) is 1.94. The summed E-state index contributed by atoms with van der Waals surface area (Å²) in [5.74, 6) is 0. The molecular formula is C7H7BrI2. The molecule has 0 aromatic carbocycles. The predicted octanol–water partition coefficient (Wildman–Crippen LogP) is 4.55. The summed E-state index contributed by atoms with van der Waals surface area (Å²) in [6.07, 6.45) is 8.07. The highest BCUT2D eigenvalue weighted by atomic mass is 127. The first kappa shape index (κ1) is 11.2. The quantitative estimate of drug-likeness (QED) is 0.450. The van der Waals surface area contributed by atoms with Crippen molar-refractivity contribution in [2.75, 3.05) is 0 Å². The second kappa shape index (κ2) is 6.84. The molecule has 0 N–H and O–H groups in total. The number of hydrogen-bond donors (Lipinski definition) is 0. The van der Waals surface area contributed by atoms with E-state index in [0.29, 0.717) is 0 Å². The Morgan fingerprint density at radius 2 is 1.90 bits per heavy atom.